The van der Waals surface area contributed by atoms with E-state index in [1.807, 2.05) is 0 Å². The number of nitrogens with one attached hydrogen (secondary N) is 1. The zero-order valence-corrected chi connectivity index (χ0v) is 13.8. The minimum atomic E-state index is 0.525. The van der Waals surface area contributed by atoms with E-state index in [-0.39, 0.29) is 0 Å². The zero-order chi connectivity index (χ0) is 14.4. The minimum Gasteiger partial charge on any atom is -0.317 e. The first-order valence-electron chi connectivity index (χ1n) is 7.14. The van der Waals surface area contributed by atoms with E-state index < -0.39 is 0 Å². The molecular formula is C18H22BrN. The Kier molecular flexibility index (Phi) is 5.81. The second-order valence-electron chi connectivity index (χ2n) is 5.34. The fraction of sp³-hybridized carbons (Fsp3) is 0.333. The summed E-state index contributed by atoms with van der Waals surface area (Å²) in [5, 5.41) is 3.44. The van der Waals surface area contributed by atoms with Gasteiger partial charge in [-0.05, 0) is 56.5 Å². The number of hydrogen-bond donors (Lipinski definition) is 1. The molecule has 1 nitrogen and oxygen atoms in total. The summed E-state index contributed by atoms with van der Waals surface area (Å²) in [7, 11) is 2.05. The van der Waals surface area contributed by atoms with E-state index in [4.69, 9.17) is 0 Å². The lowest BCUT2D eigenvalue weighted by Gasteiger charge is -2.16. The molecule has 1 N–H and O–H groups in total. The summed E-state index contributed by atoms with van der Waals surface area (Å²) in [5.41, 5.74) is 4.14. The van der Waals surface area contributed by atoms with Crippen LogP contribution in [0.4, 0.5) is 0 Å². The molecule has 0 bridgehead atoms. The molecule has 0 aliphatic heterocycles. The van der Waals surface area contributed by atoms with Crippen molar-refractivity contribution >= 4 is 15.9 Å². The Hall–Kier alpha value is -1.12. The summed E-state index contributed by atoms with van der Waals surface area (Å²) in [6.45, 7) is 2.13. The molecule has 1 atom stereocenters. The van der Waals surface area contributed by atoms with Gasteiger partial charge in [0, 0.05) is 10.5 Å². The summed E-state index contributed by atoms with van der Waals surface area (Å²) >= 11 is 3.48. The highest BCUT2D eigenvalue weighted by Gasteiger charge is 2.07. The molecule has 106 valence electrons. The highest BCUT2D eigenvalue weighted by atomic mass is 79.9. The molecule has 0 radical (unpaired) electrons. The molecule has 0 heterocycles. The summed E-state index contributed by atoms with van der Waals surface area (Å²) < 4.78 is 1.14. The first-order valence-corrected chi connectivity index (χ1v) is 7.94. The second kappa shape index (κ2) is 7.61. The van der Waals surface area contributed by atoms with Crippen LogP contribution < -0.4 is 5.32 Å². The lowest BCUT2D eigenvalue weighted by Crippen LogP contribution is -2.28. The third-order valence-electron chi connectivity index (χ3n) is 3.71. The zero-order valence-electron chi connectivity index (χ0n) is 12.2. The lowest BCUT2D eigenvalue weighted by atomic mass is 9.99. The van der Waals surface area contributed by atoms with E-state index in [1.54, 1.807) is 0 Å². The SMILES string of the molecule is CNC(CCc1ccc(C)cc1)Cc1ccc(Br)cc1. The number of hydrogen-bond acceptors (Lipinski definition) is 1. The van der Waals surface area contributed by atoms with Crippen molar-refractivity contribution in [3.05, 3.63) is 69.7 Å². The van der Waals surface area contributed by atoms with Gasteiger partial charge in [-0.2, -0.15) is 0 Å². The third-order valence-corrected chi connectivity index (χ3v) is 4.23. The molecule has 0 aliphatic carbocycles. The van der Waals surface area contributed by atoms with Crippen molar-refractivity contribution in [1.29, 1.82) is 0 Å². The Bertz CT molecular complexity index is 516. The molecular weight excluding hydrogens is 310 g/mol. The van der Waals surface area contributed by atoms with Crippen LogP contribution in [0.1, 0.15) is 23.1 Å². The van der Waals surface area contributed by atoms with Crippen molar-refractivity contribution in [2.45, 2.75) is 32.2 Å². The molecule has 20 heavy (non-hydrogen) atoms. The van der Waals surface area contributed by atoms with Crippen molar-refractivity contribution in [2.24, 2.45) is 0 Å². The molecule has 1 unspecified atom stereocenters. The topological polar surface area (TPSA) is 12.0 Å². The van der Waals surface area contributed by atoms with E-state index in [0.717, 1.165) is 23.7 Å². The predicted octanol–water partition coefficient (Wildman–Crippen LogP) is 4.52. The normalized spacial score (nSPS) is 12.3. The first kappa shape index (κ1) is 15.3. The molecule has 0 aliphatic rings. The van der Waals surface area contributed by atoms with E-state index in [2.05, 4.69) is 83.7 Å². The van der Waals surface area contributed by atoms with Gasteiger partial charge in [0.25, 0.3) is 0 Å². The van der Waals surface area contributed by atoms with Gasteiger partial charge in [0.05, 0.1) is 0 Å². The van der Waals surface area contributed by atoms with Crippen LogP contribution >= 0.6 is 15.9 Å². The monoisotopic (exact) mass is 331 g/mol. The fourth-order valence-corrected chi connectivity index (χ4v) is 2.61. The van der Waals surface area contributed by atoms with E-state index in [1.165, 1.54) is 16.7 Å². The molecule has 0 amide bonds. The van der Waals surface area contributed by atoms with Crippen LogP contribution in [0.3, 0.4) is 0 Å². The summed E-state index contributed by atoms with van der Waals surface area (Å²) in [5.74, 6) is 0. The average molecular weight is 332 g/mol. The first-order chi connectivity index (χ1) is 9.67. The summed E-state index contributed by atoms with van der Waals surface area (Å²) in [6.07, 6.45) is 3.37. The third kappa shape index (κ3) is 4.77. The smallest absolute Gasteiger partial charge is 0.0175 e. The highest BCUT2D eigenvalue weighted by molar-refractivity contribution is 9.10. The molecule has 2 rings (SSSR count). The van der Waals surface area contributed by atoms with Crippen LogP contribution in [-0.4, -0.2) is 13.1 Å². The number of halogens is 1. The average Bonchev–Trinajstić information content (AvgIpc) is 2.47. The number of aryl methyl sites for hydroxylation is 2. The van der Waals surface area contributed by atoms with Crippen LogP contribution in [-0.2, 0) is 12.8 Å². The predicted molar refractivity (Wildman–Crippen MR) is 90.2 cm³/mol. The molecule has 0 fully saturated rings. The maximum Gasteiger partial charge on any atom is 0.0175 e. The molecule has 2 aromatic carbocycles. The van der Waals surface area contributed by atoms with Crippen molar-refractivity contribution in [2.75, 3.05) is 7.05 Å². The van der Waals surface area contributed by atoms with Gasteiger partial charge in [-0.1, -0.05) is 57.9 Å². The van der Waals surface area contributed by atoms with Gasteiger partial charge in [0.1, 0.15) is 0 Å². The Morgan fingerprint density at radius 3 is 2.15 bits per heavy atom. The summed E-state index contributed by atoms with van der Waals surface area (Å²) in [4.78, 5) is 0. The van der Waals surface area contributed by atoms with Gasteiger partial charge in [-0.3, -0.25) is 0 Å². The minimum absolute atomic E-state index is 0.525. The van der Waals surface area contributed by atoms with Crippen molar-refractivity contribution in [3.8, 4) is 0 Å². The molecule has 2 aromatic rings. The van der Waals surface area contributed by atoms with Gasteiger partial charge in [-0.15, -0.1) is 0 Å². The molecule has 2 heteroatoms. The van der Waals surface area contributed by atoms with Gasteiger partial charge in [0.15, 0.2) is 0 Å². The van der Waals surface area contributed by atoms with Crippen LogP contribution in [0.15, 0.2) is 53.0 Å². The molecule has 0 saturated carbocycles. The number of benzene rings is 2. The van der Waals surface area contributed by atoms with Gasteiger partial charge in [-0.25, -0.2) is 0 Å². The van der Waals surface area contributed by atoms with E-state index >= 15 is 0 Å². The second-order valence-corrected chi connectivity index (χ2v) is 6.26. The van der Waals surface area contributed by atoms with Crippen molar-refractivity contribution < 1.29 is 0 Å². The molecule has 0 spiro atoms. The van der Waals surface area contributed by atoms with E-state index in [0.29, 0.717) is 6.04 Å². The Balaban J connectivity index is 1.88. The highest BCUT2D eigenvalue weighted by Crippen LogP contribution is 2.14. The largest absolute Gasteiger partial charge is 0.317 e. The quantitative estimate of drug-likeness (QED) is 0.820. The van der Waals surface area contributed by atoms with Crippen molar-refractivity contribution in [3.63, 3.8) is 0 Å². The molecule has 0 saturated heterocycles. The Labute approximate surface area is 130 Å². The number of likely N-dealkylation sites (N-methyl/N-ethyl adjacent to an activating group) is 1. The van der Waals surface area contributed by atoms with Gasteiger partial charge < -0.3 is 5.32 Å². The fourth-order valence-electron chi connectivity index (χ4n) is 2.35. The Morgan fingerprint density at radius 1 is 0.950 bits per heavy atom. The van der Waals surface area contributed by atoms with Crippen molar-refractivity contribution in [1.82, 2.24) is 5.32 Å². The molecule has 0 aromatic heterocycles. The maximum atomic E-state index is 3.48. The van der Waals surface area contributed by atoms with Crippen LogP contribution in [0.25, 0.3) is 0 Å². The van der Waals surface area contributed by atoms with Crippen LogP contribution in [0, 0.1) is 6.92 Å². The maximum absolute atomic E-state index is 3.48. The Morgan fingerprint density at radius 2 is 1.55 bits per heavy atom. The standard InChI is InChI=1S/C18H22BrN/c1-14-3-5-15(6-4-14)9-12-18(20-2)13-16-7-10-17(19)11-8-16/h3-8,10-11,18,20H,9,12-13H2,1-2H3. The number of rotatable bonds is 6. The lowest BCUT2D eigenvalue weighted by molar-refractivity contribution is 0.520. The van der Waals surface area contributed by atoms with Crippen LogP contribution in [0.2, 0.25) is 0 Å². The van der Waals surface area contributed by atoms with Crippen LogP contribution in [0.5, 0.6) is 0 Å². The van der Waals surface area contributed by atoms with Gasteiger partial charge in [0.2, 0.25) is 0 Å². The summed E-state index contributed by atoms with van der Waals surface area (Å²) in [6, 6.07) is 18.0. The van der Waals surface area contributed by atoms with Gasteiger partial charge >= 0.3 is 0 Å². The van der Waals surface area contributed by atoms with E-state index in [9.17, 15) is 0 Å².